The number of carbonyl (C=O) groups excluding carboxylic acids is 1. The number of halogens is 1. The van der Waals surface area contributed by atoms with Gasteiger partial charge in [0.15, 0.2) is 0 Å². The summed E-state index contributed by atoms with van der Waals surface area (Å²) in [7, 11) is 0. The van der Waals surface area contributed by atoms with Crippen LogP contribution in [0.2, 0.25) is 0 Å². The van der Waals surface area contributed by atoms with E-state index in [9.17, 15) is 9.18 Å². The number of carbonyl (C=O) groups is 1. The Morgan fingerprint density at radius 1 is 1.07 bits per heavy atom. The topological polar surface area (TPSA) is 54.0 Å². The van der Waals surface area contributed by atoms with Crippen molar-refractivity contribution in [1.82, 2.24) is 4.90 Å². The van der Waals surface area contributed by atoms with E-state index < -0.39 is 0 Å². The third kappa shape index (κ3) is 4.20. The molecule has 2 aromatic carbocycles. The molecule has 0 radical (unpaired) electrons. The number of piperazine rings is 1. The quantitative estimate of drug-likeness (QED) is 0.877. The molecular weight excluding hydrogens is 361 g/mol. The Morgan fingerprint density at radius 3 is 2.57 bits per heavy atom. The number of hydrogen-bond donors (Lipinski definition) is 1. The van der Waals surface area contributed by atoms with E-state index in [-0.39, 0.29) is 18.0 Å². The predicted octanol–water partition coefficient (Wildman–Crippen LogP) is 3.35. The number of benzene rings is 2. The van der Waals surface area contributed by atoms with Crippen molar-refractivity contribution in [2.75, 3.05) is 49.6 Å². The third-order valence-corrected chi connectivity index (χ3v) is 5.07. The van der Waals surface area contributed by atoms with Crippen LogP contribution < -0.4 is 15.0 Å². The van der Waals surface area contributed by atoms with E-state index >= 15 is 0 Å². The molecule has 4 rings (SSSR count). The average Bonchev–Trinajstić information content (AvgIpc) is 3.23. The monoisotopic (exact) mass is 385 g/mol. The highest BCUT2D eigenvalue weighted by atomic mass is 19.1. The second kappa shape index (κ2) is 8.48. The number of nitrogens with zero attached hydrogens (tertiary/aromatic N) is 2. The van der Waals surface area contributed by atoms with E-state index in [0.717, 1.165) is 6.42 Å². The van der Waals surface area contributed by atoms with Crippen LogP contribution in [0, 0.1) is 5.82 Å². The molecule has 0 unspecified atom stereocenters. The Balaban J connectivity index is 1.35. The van der Waals surface area contributed by atoms with Crippen LogP contribution in [0.4, 0.5) is 20.6 Å². The zero-order valence-corrected chi connectivity index (χ0v) is 15.6. The molecule has 0 aromatic heterocycles. The van der Waals surface area contributed by atoms with Gasteiger partial charge in [-0.2, -0.15) is 0 Å². The maximum absolute atomic E-state index is 14.0. The van der Waals surface area contributed by atoms with Gasteiger partial charge < -0.3 is 24.6 Å². The SMILES string of the molecule is O=C(Nc1ccccc1O[C@H]1CCOC1)N1CCN(c2ccccc2F)CC1. The smallest absolute Gasteiger partial charge is 0.322 e. The summed E-state index contributed by atoms with van der Waals surface area (Å²) in [6, 6.07) is 14.0. The van der Waals surface area contributed by atoms with Gasteiger partial charge in [-0.25, -0.2) is 9.18 Å². The second-order valence-corrected chi connectivity index (χ2v) is 6.96. The lowest BCUT2D eigenvalue weighted by Gasteiger charge is -2.36. The molecular formula is C21H24FN3O3. The van der Waals surface area contributed by atoms with Gasteiger partial charge in [0.1, 0.15) is 17.7 Å². The number of amides is 2. The summed E-state index contributed by atoms with van der Waals surface area (Å²) in [5.41, 5.74) is 1.23. The Kier molecular flexibility index (Phi) is 5.62. The maximum atomic E-state index is 14.0. The van der Waals surface area contributed by atoms with Gasteiger partial charge in [0, 0.05) is 32.6 Å². The number of urea groups is 1. The molecule has 1 atom stereocenters. The van der Waals surface area contributed by atoms with Crippen LogP contribution in [0.3, 0.4) is 0 Å². The molecule has 0 aliphatic carbocycles. The van der Waals surface area contributed by atoms with Crippen LogP contribution >= 0.6 is 0 Å². The minimum absolute atomic E-state index is 0.0161. The summed E-state index contributed by atoms with van der Waals surface area (Å²) in [5.74, 6) is 0.415. The van der Waals surface area contributed by atoms with E-state index in [2.05, 4.69) is 5.32 Å². The third-order valence-electron chi connectivity index (χ3n) is 5.07. The van der Waals surface area contributed by atoms with Gasteiger partial charge in [-0.15, -0.1) is 0 Å². The molecule has 28 heavy (non-hydrogen) atoms. The number of ether oxygens (including phenoxy) is 2. The van der Waals surface area contributed by atoms with Crippen molar-refractivity contribution in [1.29, 1.82) is 0 Å². The summed E-state index contributed by atoms with van der Waals surface area (Å²) < 4.78 is 25.3. The first-order chi connectivity index (χ1) is 13.7. The molecule has 0 spiro atoms. The highest BCUT2D eigenvalue weighted by Crippen LogP contribution is 2.27. The van der Waals surface area contributed by atoms with Gasteiger partial charge >= 0.3 is 6.03 Å². The normalized spacial score (nSPS) is 19.5. The van der Waals surface area contributed by atoms with Crippen molar-refractivity contribution >= 4 is 17.4 Å². The molecule has 7 heteroatoms. The van der Waals surface area contributed by atoms with E-state index in [4.69, 9.17) is 9.47 Å². The van der Waals surface area contributed by atoms with Crippen molar-refractivity contribution in [3.63, 3.8) is 0 Å². The molecule has 2 aromatic rings. The number of hydrogen-bond acceptors (Lipinski definition) is 4. The van der Waals surface area contributed by atoms with Gasteiger partial charge in [-0.05, 0) is 24.3 Å². The molecule has 2 aliphatic heterocycles. The van der Waals surface area contributed by atoms with Gasteiger partial charge in [-0.1, -0.05) is 24.3 Å². The number of anilines is 2. The molecule has 148 valence electrons. The number of nitrogens with one attached hydrogen (secondary N) is 1. The summed E-state index contributed by atoms with van der Waals surface area (Å²) in [6.07, 6.45) is 0.864. The predicted molar refractivity (Wildman–Crippen MR) is 105 cm³/mol. The molecule has 2 amide bonds. The standard InChI is InChI=1S/C21H24FN3O3/c22-17-5-1-3-7-19(17)24-10-12-25(13-11-24)21(26)23-18-6-2-4-8-20(18)28-16-9-14-27-15-16/h1-8,16H,9-15H2,(H,23,26)/t16-/m0/s1. The number of para-hydroxylation sites is 3. The molecule has 6 nitrogen and oxygen atoms in total. The van der Waals surface area contributed by atoms with E-state index in [0.29, 0.717) is 56.5 Å². The first kappa shape index (κ1) is 18.6. The lowest BCUT2D eigenvalue weighted by atomic mass is 10.2. The lowest BCUT2D eigenvalue weighted by molar-refractivity contribution is 0.142. The number of rotatable bonds is 4. The Labute approximate surface area is 163 Å². The van der Waals surface area contributed by atoms with Crippen molar-refractivity contribution in [2.45, 2.75) is 12.5 Å². The van der Waals surface area contributed by atoms with Crippen LogP contribution in [-0.2, 0) is 4.74 Å². The van der Waals surface area contributed by atoms with Crippen molar-refractivity contribution in [3.05, 3.63) is 54.3 Å². The van der Waals surface area contributed by atoms with Crippen LogP contribution in [-0.4, -0.2) is 56.4 Å². The summed E-state index contributed by atoms with van der Waals surface area (Å²) in [6.45, 7) is 3.50. The molecule has 0 saturated carbocycles. The summed E-state index contributed by atoms with van der Waals surface area (Å²) in [4.78, 5) is 16.4. The first-order valence-electron chi connectivity index (χ1n) is 9.59. The highest BCUT2D eigenvalue weighted by molar-refractivity contribution is 5.91. The fourth-order valence-corrected chi connectivity index (χ4v) is 3.51. The molecule has 0 bridgehead atoms. The van der Waals surface area contributed by atoms with Gasteiger partial charge in [0.25, 0.3) is 0 Å². The Hall–Kier alpha value is -2.80. The molecule has 2 heterocycles. The summed E-state index contributed by atoms with van der Waals surface area (Å²) >= 11 is 0. The van der Waals surface area contributed by atoms with Gasteiger partial charge in [0.05, 0.1) is 24.6 Å². The molecule has 1 N–H and O–H groups in total. The van der Waals surface area contributed by atoms with Crippen molar-refractivity contribution in [2.24, 2.45) is 0 Å². The van der Waals surface area contributed by atoms with Crippen LogP contribution in [0.1, 0.15) is 6.42 Å². The first-order valence-corrected chi connectivity index (χ1v) is 9.59. The molecule has 2 fully saturated rings. The lowest BCUT2D eigenvalue weighted by Crippen LogP contribution is -2.50. The van der Waals surface area contributed by atoms with Crippen molar-refractivity contribution < 1.29 is 18.7 Å². The van der Waals surface area contributed by atoms with Crippen LogP contribution in [0.5, 0.6) is 5.75 Å². The minimum atomic E-state index is -0.234. The van der Waals surface area contributed by atoms with Gasteiger partial charge in [-0.3, -0.25) is 0 Å². The fraction of sp³-hybridized carbons (Fsp3) is 0.381. The zero-order valence-electron chi connectivity index (χ0n) is 15.6. The maximum Gasteiger partial charge on any atom is 0.322 e. The van der Waals surface area contributed by atoms with Crippen LogP contribution in [0.15, 0.2) is 48.5 Å². The minimum Gasteiger partial charge on any atom is -0.486 e. The van der Waals surface area contributed by atoms with E-state index in [1.54, 1.807) is 17.0 Å². The zero-order chi connectivity index (χ0) is 19.3. The second-order valence-electron chi connectivity index (χ2n) is 6.96. The molecule has 2 aliphatic rings. The fourth-order valence-electron chi connectivity index (χ4n) is 3.51. The summed E-state index contributed by atoms with van der Waals surface area (Å²) in [5, 5.41) is 2.95. The van der Waals surface area contributed by atoms with E-state index in [1.807, 2.05) is 35.2 Å². The molecule has 2 saturated heterocycles. The highest BCUT2D eigenvalue weighted by Gasteiger charge is 2.24. The van der Waals surface area contributed by atoms with Crippen molar-refractivity contribution in [3.8, 4) is 5.75 Å². The van der Waals surface area contributed by atoms with E-state index in [1.165, 1.54) is 6.07 Å². The Bertz CT molecular complexity index is 818. The largest absolute Gasteiger partial charge is 0.486 e. The Morgan fingerprint density at radius 2 is 1.82 bits per heavy atom. The average molecular weight is 385 g/mol. The van der Waals surface area contributed by atoms with Crippen LogP contribution in [0.25, 0.3) is 0 Å². The van der Waals surface area contributed by atoms with Gasteiger partial charge in [0.2, 0.25) is 0 Å².